The molecule has 0 bridgehead atoms. The topological polar surface area (TPSA) is 0 Å². The first kappa shape index (κ1) is 45.0. The molecule has 0 rings (SSSR count). The summed E-state index contributed by atoms with van der Waals surface area (Å²) in [6, 6.07) is 0. The van der Waals surface area contributed by atoms with Crippen LogP contribution in [0.2, 0.25) is 0 Å². The molecule has 0 amide bonds. The zero-order chi connectivity index (χ0) is 29.0. The van der Waals surface area contributed by atoms with Crippen molar-refractivity contribution in [2.75, 3.05) is 17.3 Å². The molecule has 0 aromatic rings. The predicted octanol–water partition coefficient (Wildman–Crippen LogP) is 15.8. The van der Waals surface area contributed by atoms with Crippen LogP contribution in [0.25, 0.3) is 0 Å². The van der Waals surface area contributed by atoms with Crippen molar-refractivity contribution in [3.05, 3.63) is 3.91 Å². The Morgan fingerprint density at radius 3 is 0.659 bits per heavy atom. The van der Waals surface area contributed by atoms with Crippen LogP contribution in [-0.4, -0.2) is 41.2 Å². The van der Waals surface area contributed by atoms with Gasteiger partial charge in [0, 0.05) is 28.2 Å². The van der Waals surface area contributed by atoms with Gasteiger partial charge in [-0.3, -0.25) is 0 Å². The first-order valence-corrected chi connectivity index (χ1v) is 21.6. The van der Waals surface area contributed by atoms with Crippen LogP contribution in [0.4, 0.5) is 0 Å². The summed E-state index contributed by atoms with van der Waals surface area (Å²) in [5.74, 6) is 4.05. The van der Waals surface area contributed by atoms with Gasteiger partial charge in [-0.05, 0) is 36.5 Å². The van der Waals surface area contributed by atoms with E-state index in [1.807, 2.05) is 0 Å². The molecule has 0 atom stereocenters. The summed E-state index contributed by atoms with van der Waals surface area (Å²) in [5.41, 5.74) is 0. The third-order valence-corrected chi connectivity index (χ3v) is 12.5. The summed E-state index contributed by atoms with van der Waals surface area (Å²) < 4.78 is 1.70. The normalized spacial score (nSPS) is 11.4. The van der Waals surface area contributed by atoms with E-state index in [0.717, 1.165) is 0 Å². The second kappa shape index (κ2) is 41.8. The summed E-state index contributed by atoms with van der Waals surface area (Å²) in [5, 5.41) is 0. The SMILES string of the molecule is CCCCCCCCCCCCS[C](SCCCCCCCCCCCC)SCCCCCCCCCCCC.[HH].[HH].[HH].[Sn]. The summed E-state index contributed by atoms with van der Waals surface area (Å²) in [6.07, 6.45) is 43.4. The van der Waals surface area contributed by atoms with Crippen molar-refractivity contribution >= 4 is 59.2 Å². The molecule has 4 heteroatoms. The van der Waals surface area contributed by atoms with Crippen LogP contribution in [0.5, 0.6) is 0 Å². The summed E-state index contributed by atoms with van der Waals surface area (Å²) in [4.78, 5) is 0. The van der Waals surface area contributed by atoms with Crippen molar-refractivity contribution in [1.29, 1.82) is 0 Å². The van der Waals surface area contributed by atoms with Gasteiger partial charge in [-0.25, -0.2) is 0 Å². The van der Waals surface area contributed by atoms with Crippen LogP contribution < -0.4 is 0 Å². The molecule has 5 radical (unpaired) electrons. The van der Waals surface area contributed by atoms with Crippen LogP contribution >= 0.6 is 35.3 Å². The fraction of sp³-hybridized carbons (Fsp3) is 0.973. The maximum absolute atomic E-state index is 2.31. The zero-order valence-electron chi connectivity index (χ0n) is 28.6. The molecular formula is C37H81S3Sn. The Morgan fingerprint density at radius 1 is 0.293 bits per heavy atom. The van der Waals surface area contributed by atoms with Crippen LogP contribution in [0.15, 0.2) is 0 Å². The van der Waals surface area contributed by atoms with E-state index in [9.17, 15) is 0 Å². The molecule has 41 heavy (non-hydrogen) atoms. The van der Waals surface area contributed by atoms with E-state index in [2.05, 4.69) is 56.1 Å². The molecule has 0 nitrogen and oxygen atoms in total. The van der Waals surface area contributed by atoms with Crippen LogP contribution in [0.3, 0.4) is 0 Å². The van der Waals surface area contributed by atoms with Gasteiger partial charge in [-0.2, -0.15) is 0 Å². The molecule has 251 valence electrons. The number of hydrogen-bond donors (Lipinski definition) is 0. The first-order valence-electron chi connectivity index (χ1n) is 18.6. The largest absolute Gasteiger partial charge is 0.140 e. The Hall–Kier alpha value is 1.85. The standard InChI is InChI=1S/C37H75S3.Sn.3H2/c1-4-7-10-13-16-19-22-25-28-31-34-38-37(39-35-32-29-26-23-20-17-14-11-8-5-2)40-36-33-30-27-24-21-18-15-12-9-6-3;;;;/h4-36H2,1-3H3;;3*1H. The average Bonchev–Trinajstić information content (AvgIpc) is 2.97. The Balaban J connectivity index is -0.00000127. The van der Waals surface area contributed by atoms with Crippen molar-refractivity contribution < 1.29 is 4.28 Å². The molecule has 0 saturated heterocycles. The summed E-state index contributed by atoms with van der Waals surface area (Å²) in [6.45, 7) is 6.94. The van der Waals surface area contributed by atoms with Crippen LogP contribution in [-0.2, 0) is 0 Å². The van der Waals surface area contributed by atoms with Crippen molar-refractivity contribution in [3.8, 4) is 0 Å². The molecule has 0 aromatic heterocycles. The van der Waals surface area contributed by atoms with Gasteiger partial charge in [0.15, 0.2) is 0 Å². The van der Waals surface area contributed by atoms with Crippen LogP contribution in [0.1, 0.15) is 218 Å². The fourth-order valence-corrected chi connectivity index (χ4v) is 9.41. The maximum atomic E-state index is 2.31. The van der Waals surface area contributed by atoms with Crippen molar-refractivity contribution in [3.63, 3.8) is 0 Å². The quantitative estimate of drug-likeness (QED) is 0.0464. The van der Waals surface area contributed by atoms with Crippen LogP contribution in [0, 0.1) is 3.91 Å². The molecule has 0 aliphatic rings. The molecule has 0 heterocycles. The van der Waals surface area contributed by atoms with E-state index < -0.39 is 0 Å². The van der Waals surface area contributed by atoms with Gasteiger partial charge in [-0.1, -0.05) is 194 Å². The fourth-order valence-electron chi connectivity index (χ4n) is 5.36. The minimum absolute atomic E-state index is 0. The third-order valence-electron chi connectivity index (χ3n) is 8.15. The van der Waals surface area contributed by atoms with Crippen molar-refractivity contribution in [2.24, 2.45) is 0 Å². The van der Waals surface area contributed by atoms with Gasteiger partial charge in [0.25, 0.3) is 0 Å². The van der Waals surface area contributed by atoms with E-state index >= 15 is 0 Å². The molecule has 0 fully saturated rings. The Bertz CT molecular complexity index is 388. The summed E-state index contributed by atoms with van der Waals surface area (Å²) >= 11 is 6.61. The first-order chi connectivity index (χ1) is 19.8. The molecule has 0 unspecified atom stereocenters. The van der Waals surface area contributed by atoms with Gasteiger partial charge in [0.2, 0.25) is 0 Å². The molecule has 0 aromatic carbocycles. The Morgan fingerprint density at radius 2 is 0.463 bits per heavy atom. The number of hydrogen-bond acceptors (Lipinski definition) is 3. The van der Waals surface area contributed by atoms with Gasteiger partial charge in [-0.15, -0.1) is 35.3 Å². The van der Waals surface area contributed by atoms with Crippen molar-refractivity contribution in [1.82, 2.24) is 0 Å². The number of thioether (sulfide) groups is 3. The monoisotopic (exact) mass is 741 g/mol. The Labute approximate surface area is 296 Å². The summed E-state index contributed by atoms with van der Waals surface area (Å²) in [7, 11) is 0. The number of unbranched alkanes of at least 4 members (excludes halogenated alkanes) is 27. The van der Waals surface area contributed by atoms with Gasteiger partial charge in [0.05, 0.1) is 0 Å². The third kappa shape index (κ3) is 39.8. The minimum Gasteiger partial charge on any atom is -0.130 e. The minimum atomic E-state index is 0. The molecule has 0 aliphatic heterocycles. The van der Waals surface area contributed by atoms with E-state index in [4.69, 9.17) is 0 Å². The molecular weight excluding hydrogens is 659 g/mol. The zero-order valence-corrected chi connectivity index (χ0v) is 33.9. The van der Waals surface area contributed by atoms with Crippen molar-refractivity contribution in [2.45, 2.75) is 213 Å². The van der Waals surface area contributed by atoms with E-state index in [-0.39, 0.29) is 28.2 Å². The number of rotatable bonds is 36. The molecule has 0 aliphatic carbocycles. The maximum Gasteiger partial charge on any atom is 0.140 e. The van der Waals surface area contributed by atoms with E-state index in [1.165, 1.54) is 210 Å². The van der Waals surface area contributed by atoms with Gasteiger partial charge < -0.3 is 0 Å². The van der Waals surface area contributed by atoms with Gasteiger partial charge >= 0.3 is 0 Å². The molecule has 0 N–H and O–H groups in total. The molecule has 0 spiro atoms. The average molecular weight is 741 g/mol. The van der Waals surface area contributed by atoms with E-state index in [0.29, 0.717) is 0 Å². The van der Waals surface area contributed by atoms with E-state index in [1.54, 1.807) is 3.91 Å². The Kier molecular flexibility index (Phi) is 45.9. The van der Waals surface area contributed by atoms with Gasteiger partial charge in [0.1, 0.15) is 3.91 Å². The second-order valence-electron chi connectivity index (χ2n) is 12.3. The predicted molar refractivity (Wildman–Crippen MR) is 208 cm³/mol. The second-order valence-corrected chi connectivity index (χ2v) is 16.4. The molecule has 0 saturated carbocycles. The smallest absolute Gasteiger partial charge is 0.130 e.